The second-order valence-electron chi connectivity index (χ2n) is 24.0. The van der Waals surface area contributed by atoms with Crippen LogP contribution in [-0.4, -0.2) is 95.9 Å². The third kappa shape index (κ3) is 72.2. The maximum atomic E-state index is 12.9. The van der Waals surface area contributed by atoms with Crippen molar-refractivity contribution in [2.45, 2.75) is 283 Å². The van der Waals surface area contributed by atoms with Crippen LogP contribution in [0.25, 0.3) is 0 Å². The number of unbranched alkanes of at least 4 members (excludes halogenated alkanes) is 19. The molecule has 0 saturated heterocycles. The van der Waals surface area contributed by atoms with Gasteiger partial charge in [0, 0.05) is 19.3 Å². The summed E-state index contributed by atoms with van der Waals surface area (Å²) in [6.45, 7) is 2.32. The predicted molar refractivity (Wildman–Crippen MR) is 399 cm³/mol. The zero-order valence-electron chi connectivity index (χ0n) is 59.9. The highest BCUT2D eigenvalue weighted by Gasteiger charge is 2.29. The fourth-order valence-corrected chi connectivity index (χ4v) is 10.7. The van der Waals surface area contributed by atoms with E-state index >= 15 is 0 Å². The molecule has 0 rings (SSSR count). The first-order chi connectivity index (χ1) is 47.2. The zero-order chi connectivity index (χ0) is 70.9. The van der Waals surface area contributed by atoms with Crippen LogP contribution < -0.4 is 0 Å². The number of phosphoric ester groups is 2. The average molecular weight is 1400 g/mol. The molecule has 97 heavy (non-hydrogen) atoms. The highest BCUT2D eigenvalue weighted by molar-refractivity contribution is 7.47. The Balaban J connectivity index is 4.69. The van der Waals surface area contributed by atoms with E-state index < -0.39 is 91.5 Å². The molecule has 18 heteroatoms. The van der Waals surface area contributed by atoms with Gasteiger partial charge in [-0.3, -0.25) is 32.5 Å². The lowest BCUT2D eigenvalue weighted by molar-refractivity contribution is -0.161. The molecule has 0 aliphatic heterocycles. The number of carbonyl (C=O) groups excluding carboxylic acids is 3. The highest BCUT2D eigenvalue weighted by atomic mass is 31.2. The van der Waals surface area contributed by atoms with Crippen LogP contribution in [0, 0.1) is 0 Å². The summed E-state index contributed by atoms with van der Waals surface area (Å²) in [5.41, 5.74) is 0. The van der Waals surface area contributed by atoms with Gasteiger partial charge in [0.05, 0.1) is 26.4 Å². The van der Waals surface area contributed by atoms with E-state index in [2.05, 4.69) is 179 Å². The van der Waals surface area contributed by atoms with Gasteiger partial charge >= 0.3 is 33.6 Å². The van der Waals surface area contributed by atoms with Gasteiger partial charge in [0.15, 0.2) is 6.10 Å². The van der Waals surface area contributed by atoms with Crippen molar-refractivity contribution in [3.63, 3.8) is 0 Å². The Hall–Kier alpha value is -4.83. The largest absolute Gasteiger partial charge is 0.472 e. The topological polar surface area (TPSA) is 231 Å². The summed E-state index contributed by atoms with van der Waals surface area (Å²) >= 11 is 0. The van der Waals surface area contributed by atoms with Crippen LogP contribution in [0.4, 0.5) is 0 Å². The van der Waals surface area contributed by atoms with Crippen LogP contribution in [-0.2, 0) is 55.8 Å². The summed E-state index contributed by atoms with van der Waals surface area (Å²) in [4.78, 5) is 58.5. The monoisotopic (exact) mass is 1400 g/mol. The minimum Gasteiger partial charge on any atom is -0.463 e. The number of rotatable bonds is 68. The summed E-state index contributed by atoms with van der Waals surface area (Å²) in [5.74, 6) is -1.66. The second kappa shape index (κ2) is 71.0. The Morgan fingerprint density at radius 2 is 0.546 bits per heavy atom. The number of esters is 3. The van der Waals surface area contributed by atoms with Gasteiger partial charge in [-0.15, -0.1) is 0 Å². The van der Waals surface area contributed by atoms with Crippen molar-refractivity contribution in [3.05, 3.63) is 158 Å². The fraction of sp³-hybridized carbons (Fsp3) is 0.633. The van der Waals surface area contributed by atoms with Crippen LogP contribution in [0.3, 0.4) is 0 Å². The number of carbonyl (C=O) groups is 3. The van der Waals surface area contributed by atoms with Gasteiger partial charge < -0.3 is 34.2 Å². The summed E-state index contributed by atoms with van der Waals surface area (Å²) in [6, 6.07) is 0. The zero-order valence-corrected chi connectivity index (χ0v) is 61.7. The number of aliphatic hydroxyl groups excluding tert-OH is 2. The lowest BCUT2D eigenvalue weighted by atomic mass is 10.1. The first kappa shape index (κ1) is 92.2. The molecular formula is C79H130O16P2. The molecule has 0 amide bonds. The van der Waals surface area contributed by atoms with Crippen LogP contribution in [0.1, 0.15) is 265 Å². The second-order valence-corrected chi connectivity index (χ2v) is 26.9. The standard InChI is InChI=1S/C79H130O16P2/c1-4-7-10-13-16-19-22-25-28-31-33-34-35-36-37-38-40-43-44-47-50-53-56-59-62-65-77(82)89-68-74(80)69-91-96(85,86)92-70-75(81)71-93-97(87,88)94-73-76(95-79(84)67-64-61-58-55-52-49-46-41-30-27-24-21-18-15-12-9-6-3)72-90-78(83)66-63-60-57-54-51-48-45-42-39-32-29-26-23-20-17-14-11-8-5-2/h8-9,11-12,16-21,25-30,33-34,36-37,39,42,46,48-49,51,74-76,80-81H,4-7,10,13-15,22-24,31-32,35,38,40-41,43-45,47,50,52-73H2,1-3H3,(H,85,86)(H,87,88)/b11-8-,12-9-,19-16-,20-17-,21-18-,28-25-,29-26-,30-27-,34-33-,37-36-,42-39-,49-46-,51-48-. The van der Waals surface area contributed by atoms with Gasteiger partial charge in [-0.25, -0.2) is 9.13 Å². The fourth-order valence-electron chi connectivity index (χ4n) is 9.16. The van der Waals surface area contributed by atoms with Gasteiger partial charge in [0.2, 0.25) is 0 Å². The quantitative estimate of drug-likeness (QED) is 0.0146. The number of hydrogen-bond acceptors (Lipinski definition) is 14. The van der Waals surface area contributed by atoms with Crippen molar-refractivity contribution in [3.8, 4) is 0 Å². The lowest BCUT2D eigenvalue weighted by Crippen LogP contribution is -2.30. The van der Waals surface area contributed by atoms with E-state index in [0.29, 0.717) is 19.3 Å². The van der Waals surface area contributed by atoms with Gasteiger partial charge in [0.1, 0.15) is 25.4 Å². The molecule has 0 aromatic rings. The number of ether oxygens (including phenoxy) is 3. The molecule has 5 atom stereocenters. The van der Waals surface area contributed by atoms with Crippen molar-refractivity contribution < 1.29 is 75.8 Å². The normalized spacial score (nSPS) is 15.0. The van der Waals surface area contributed by atoms with E-state index in [1.54, 1.807) is 0 Å². The van der Waals surface area contributed by atoms with Crippen LogP contribution in [0.15, 0.2) is 158 Å². The van der Waals surface area contributed by atoms with Gasteiger partial charge in [-0.1, -0.05) is 256 Å². The Labute approximate surface area is 587 Å². The summed E-state index contributed by atoms with van der Waals surface area (Å²) < 4.78 is 61.0. The van der Waals surface area contributed by atoms with Crippen LogP contribution in [0.5, 0.6) is 0 Å². The third-order valence-corrected chi connectivity index (χ3v) is 16.6. The highest BCUT2D eigenvalue weighted by Crippen LogP contribution is 2.45. The first-order valence-electron chi connectivity index (χ1n) is 36.8. The molecule has 0 aromatic heterocycles. The molecular weight excluding hydrogens is 1270 g/mol. The van der Waals surface area contributed by atoms with Crippen molar-refractivity contribution >= 4 is 33.6 Å². The van der Waals surface area contributed by atoms with Gasteiger partial charge in [0.25, 0.3) is 0 Å². The number of hydrogen-bond donors (Lipinski definition) is 4. The van der Waals surface area contributed by atoms with E-state index in [-0.39, 0.29) is 19.3 Å². The molecule has 0 aliphatic carbocycles. The van der Waals surface area contributed by atoms with Crippen molar-refractivity contribution in [1.82, 2.24) is 0 Å². The van der Waals surface area contributed by atoms with Crippen LogP contribution >= 0.6 is 15.6 Å². The lowest BCUT2D eigenvalue weighted by Gasteiger charge is -2.21. The van der Waals surface area contributed by atoms with Gasteiger partial charge in [-0.2, -0.15) is 0 Å². The number of allylic oxidation sites excluding steroid dienone is 26. The van der Waals surface area contributed by atoms with E-state index in [9.17, 15) is 43.5 Å². The van der Waals surface area contributed by atoms with Crippen molar-refractivity contribution in [1.29, 1.82) is 0 Å². The minimum absolute atomic E-state index is 0.0627. The Kier molecular flexibility index (Phi) is 67.5. The van der Waals surface area contributed by atoms with Gasteiger partial charge in [-0.05, 0) is 148 Å². The van der Waals surface area contributed by atoms with E-state index in [4.69, 9.17) is 32.3 Å². The minimum atomic E-state index is -4.95. The molecule has 0 aliphatic rings. The predicted octanol–water partition coefficient (Wildman–Crippen LogP) is 21.1. The average Bonchev–Trinajstić information content (AvgIpc) is 2.14. The molecule has 5 unspecified atom stereocenters. The summed E-state index contributed by atoms with van der Waals surface area (Å²) in [7, 11) is -9.82. The molecule has 0 bridgehead atoms. The maximum Gasteiger partial charge on any atom is 0.472 e. The molecule has 0 fully saturated rings. The summed E-state index contributed by atoms with van der Waals surface area (Å²) in [6.07, 6.45) is 87.2. The molecule has 4 N–H and O–H groups in total. The molecule has 0 saturated carbocycles. The van der Waals surface area contributed by atoms with E-state index in [1.807, 2.05) is 0 Å². The number of phosphoric acid groups is 2. The van der Waals surface area contributed by atoms with Crippen molar-refractivity contribution in [2.24, 2.45) is 0 Å². The Bertz CT molecular complexity index is 2400. The maximum absolute atomic E-state index is 12.9. The Morgan fingerprint density at radius 3 is 0.876 bits per heavy atom. The third-order valence-electron chi connectivity index (χ3n) is 14.7. The van der Waals surface area contributed by atoms with E-state index in [0.717, 1.165) is 154 Å². The smallest absolute Gasteiger partial charge is 0.463 e. The Morgan fingerprint density at radius 1 is 0.299 bits per heavy atom. The SMILES string of the molecule is CC/C=C\C/C=C\C/C=C\C/C=C\C/C=C\CCCCCC(=O)OCC(COP(=O)(O)OCC(O)COP(=O)(O)OCC(O)COC(=O)CCCCCCCCCCC/C=C\C/C=C\C/C=C\C/C=C\CCCCC)OC(=O)CCCCCC/C=C\C/C=C\C/C=C\C/C=C\CC. The molecule has 0 aromatic carbocycles. The molecule has 552 valence electrons. The first-order valence-corrected chi connectivity index (χ1v) is 39.8. The summed E-state index contributed by atoms with van der Waals surface area (Å²) in [5, 5.41) is 20.6. The molecule has 0 radical (unpaired) electrons. The molecule has 0 spiro atoms. The molecule has 16 nitrogen and oxygen atoms in total. The van der Waals surface area contributed by atoms with E-state index in [1.165, 1.54) is 51.4 Å². The molecule has 0 heterocycles. The van der Waals surface area contributed by atoms with Crippen molar-refractivity contribution in [2.75, 3.05) is 39.6 Å². The van der Waals surface area contributed by atoms with Crippen LogP contribution in [0.2, 0.25) is 0 Å². The number of aliphatic hydroxyl groups is 2.